The molecule has 0 amide bonds. The van der Waals surface area contributed by atoms with Gasteiger partial charge in [0.1, 0.15) is 35.9 Å². The van der Waals surface area contributed by atoms with Crippen LogP contribution in [0.5, 0.6) is 11.5 Å². The van der Waals surface area contributed by atoms with Crippen molar-refractivity contribution in [2.45, 2.75) is 24.4 Å². The van der Waals surface area contributed by atoms with Gasteiger partial charge in [-0.2, -0.15) is 0 Å². The molecule has 5 aliphatic rings. The standard InChI is InChI=1S/C26H20O4/c1-27-15-7-3-5-13-21(15)22-14(6-4-8-16(22)28-2)24-18-10-12-20(30-18)26(24)25-19-11-9-17(29-19)23(13)25/h3-12,17-20H,1-2H3/b22-21-,23-13-,24-14-,26-25-. The zero-order chi connectivity index (χ0) is 20.0. The maximum Gasteiger partial charge on any atom is 0.127 e. The van der Waals surface area contributed by atoms with Crippen LogP contribution in [0.25, 0.3) is 11.1 Å². The minimum absolute atomic E-state index is 0.0300. The van der Waals surface area contributed by atoms with Gasteiger partial charge < -0.3 is 18.9 Å². The van der Waals surface area contributed by atoms with Crippen molar-refractivity contribution in [1.82, 2.24) is 0 Å². The van der Waals surface area contributed by atoms with Crippen molar-refractivity contribution < 1.29 is 18.9 Å². The summed E-state index contributed by atoms with van der Waals surface area (Å²) in [5.74, 6) is 1.67. The molecule has 4 heterocycles. The van der Waals surface area contributed by atoms with Crippen molar-refractivity contribution in [3.63, 3.8) is 0 Å². The fourth-order valence-corrected chi connectivity index (χ4v) is 5.73. The summed E-state index contributed by atoms with van der Waals surface area (Å²) in [4.78, 5) is 0. The number of methoxy groups -OCH3 is 2. The van der Waals surface area contributed by atoms with Gasteiger partial charge in [0.2, 0.25) is 0 Å². The van der Waals surface area contributed by atoms with Gasteiger partial charge in [-0.25, -0.2) is 0 Å². The fourth-order valence-electron chi connectivity index (χ4n) is 5.73. The third kappa shape index (κ3) is 1.89. The first-order valence-corrected chi connectivity index (χ1v) is 10.3. The molecule has 2 saturated heterocycles. The number of rotatable bonds is 2. The molecule has 4 aliphatic heterocycles. The van der Waals surface area contributed by atoms with Crippen LogP contribution >= 0.6 is 0 Å². The fraction of sp³-hybridized carbons (Fsp3) is 0.231. The van der Waals surface area contributed by atoms with Crippen molar-refractivity contribution in [3.05, 3.63) is 92.7 Å². The van der Waals surface area contributed by atoms with Gasteiger partial charge in [0.25, 0.3) is 0 Å². The van der Waals surface area contributed by atoms with E-state index in [2.05, 4.69) is 48.6 Å². The highest BCUT2D eigenvalue weighted by molar-refractivity contribution is 5.89. The second-order valence-corrected chi connectivity index (χ2v) is 8.14. The summed E-state index contributed by atoms with van der Waals surface area (Å²) in [5, 5.41) is 4.40. The van der Waals surface area contributed by atoms with Gasteiger partial charge in [0, 0.05) is 10.4 Å². The molecule has 0 N–H and O–H groups in total. The van der Waals surface area contributed by atoms with Crippen LogP contribution in [-0.2, 0) is 9.47 Å². The molecule has 0 aromatic heterocycles. The zero-order valence-electron chi connectivity index (χ0n) is 16.7. The average Bonchev–Trinajstić information content (AvgIpc) is 3.56. The molecule has 2 aromatic carbocycles. The summed E-state index contributed by atoms with van der Waals surface area (Å²) in [5.41, 5.74) is 4.98. The van der Waals surface area contributed by atoms with E-state index in [0.717, 1.165) is 32.4 Å². The van der Waals surface area contributed by atoms with Crippen LogP contribution in [0.1, 0.15) is 0 Å². The van der Waals surface area contributed by atoms with E-state index in [1.807, 2.05) is 12.1 Å². The summed E-state index contributed by atoms with van der Waals surface area (Å²) in [6, 6.07) is 12.5. The smallest absolute Gasteiger partial charge is 0.127 e. The molecule has 2 aromatic rings. The third-order valence-corrected chi connectivity index (χ3v) is 6.84. The summed E-state index contributed by atoms with van der Waals surface area (Å²) >= 11 is 0. The van der Waals surface area contributed by atoms with Crippen molar-refractivity contribution in [1.29, 1.82) is 0 Å². The summed E-state index contributed by atoms with van der Waals surface area (Å²) < 4.78 is 24.5. The quantitative estimate of drug-likeness (QED) is 0.730. The molecule has 2 fully saturated rings. The van der Waals surface area contributed by atoms with E-state index in [1.165, 1.54) is 22.3 Å². The van der Waals surface area contributed by atoms with E-state index in [1.54, 1.807) is 14.2 Å². The highest BCUT2D eigenvalue weighted by Gasteiger charge is 2.47. The Bertz CT molecular complexity index is 1330. The van der Waals surface area contributed by atoms with E-state index in [0.29, 0.717) is 0 Å². The minimum atomic E-state index is -0.0519. The van der Waals surface area contributed by atoms with Gasteiger partial charge in [-0.3, -0.25) is 0 Å². The van der Waals surface area contributed by atoms with Crippen LogP contribution in [0.3, 0.4) is 0 Å². The lowest BCUT2D eigenvalue weighted by atomic mass is 9.80. The normalized spacial score (nSPS) is 36.1. The van der Waals surface area contributed by atoms with Gasteiger partial charge in [0.15, 0.2) is 0 Å². The molecule has 4 bridgehead atoms. The van der Waals surface area contributed by atoms with Crippen molar-refractivity contribution >= 4 is 11.1 Å². The van der Waals surface area contributed by atoms with Crippen LogP contribution < -0.4 is 19.9 Å². The Kier molecular flexibility index (Phi) is 3.20. The molecule has 1 aliphatic carbocycles. The monoisotopic (exact) mass is 396 g/mol. The van der Waals surface area contributed by atoms with Crippen LogP contribution in [0.15, 0.2) is 71.8 Å². The lowest BCUT2D eigenvalue weighted by molar-refractivity contribution is 0.136. The molecule has 148 valence electrons. The van der Waals surface area contributed by atoms with Gasteiger partial charge in [-0.05, 0) is 44.9 Å². The molecule has 7 rings (SSSR count). The highest BCUT2D eigenvalue weighted by atomic mass is 16.5. The largest absolute Gasteiger partial charge is 0.496 e. The van der Waals surface area contributed by atoms with E-state index < -0.39 is 0 Å². The third-order valence-electron chi connectivity index (χ3n) is 6.84. The topological polar surface area (TPSA) is 36.9 Å². The number of ether oxygens (including phenoxy) is 4. The second kappa shape index (κ2) is 5.75. The Balaban J connectivity index is 1.88. The second-order valence-electron chi connectivity index (χ2n) is 8.14. The van der Waals surface area contributed by atoms with Crippen LogP contribution in [0, 0.1) is 10.4 Å². The molecule has 4 heteroatoms. The maximum absolute atomic E-state index is 6.36. The van der Waals surface area contributed by atoms with Crippen LogP contribution in [-0.4, -0.2) is 38.6 Å². The van der Waals surface area contributed by atoms with E-state index >= 15 is 0 Å². The van der Waals surface area contributed by atoms with Crippen molar-refractivity contribution in [2.75, 3.05) is 14.2 Å². The van der Waals surface area contributed by atoms with Gasteiger partial charge in [-0.15, -0.1) is 0 Å². The molecule has 4 nitrogen and oxygen atoms in total. The number of hydrogen-bond acceptors (Lipinski definition) is 4. The average molecular weight is 396 g/mol. The number of hydrogen-bond donors (Lipinski definition) is 0. The van der Waals surface area contributed by atoms with Crippen molar-refractivity contribution in [3.8, 4) is 11.5 Å². The number of fused-ring (bicyclic) bond motifs is 12. The summed E-state index contributed by atoms with van der Waals surface area (Å²) in [6.07, 6.45) is 8.53. The highest BCUT2D eigenvalue weighted by Crippen LogP contribution is 2.49. The van der Waals surface area contributed by atoms with Crippen molar-refractivity contribution in [2.24, 2.45) is 0 Å². The Morgan fingerprint density at radius 2 is 0.967 bits per heavy atom. The molecule has 0 radical (unpaired) electrons. The van der Waals surface area contributed by atoms with E-state index in [-0.39, 0.29) is 24.4 Å². The lowest BCUT2D eigenvalue weighted by Gasteiger charge is -2.21. The molecular weight excluding hydrogens is 376 g/mol. The minimum Gasteiger partial charge on any atom is -0.496 e. The predicted octanol–water partition coefficient (Wildman–Crippen LogP) is 2.28. The zero-order valence-corrected chi connectivity index (χ0v) is 16.7. The number of benzene rings is 2. The first kappa shape index (κ1) is 16.7. The molecule has 30 heavy (non-hydrogen) atoms. The maximum atomic E-state index is 6.36. The van der Waals surface area contributed by atoms with Gasteiger partial charge in [-0.1, -0.05) is 48.6 Å². The molecular formula is C26H20O4. The molecule has 4 unspecified atom stereocenters. The Morgan fingerprint density at radius 1 is 0.567 bits per heavy atom. The summed E-state index contributed by atoms with van der Waals surface area (Å²) in [6.45, 7) is 0. The Hall–Kier alpha value is -3.08. The van der Waals surface area contributed by atoms with Crippen LogP contribution in [0.4, 0.5) is 0 Å². The Morgan fingerprint density at radius 3 is 1.37 bits per heavy atom. The van der Waals surface area contributed by atoms with Gasteiger partial charge >= 0.3 is 0 Å². The molecule has 0 spiro atoms. The predicted molar refractivity (Wildman–Crippen MR) is 112 cm³/mol. The summed E-state index contributed by atoms with van der Waals surface area (Å²) in [7, 11) is 3.45. The SMILES string of the molecule is COc1cccc2/c1=c1/c(OC)ccc/c1=C1/C(=C3\C=2C2C=CC3O2)C2C=CC1O2. The Labute approximate surface area is 173 Å². The van der Waals surface area contributed by atoms with E-state index in [4.69, 9.17) is 18.9 Å². The van der Waals surface area contributed by atoms with E-state index in [9.17, 15) is 0 Å². The van der Waals surface area contributed by atoms with Crippen LogP contribution in [0.2, 0.25) is 0 Å². The molecule has 0 saturated carbocycles. The molecule has 4 atom stereocenters. The van der Waals surface area contributed by atoms with Gasteiger partial charge in [0.05, 0.1) is 14.2 Å². The lowest BCUT2D eigenvalue weighted by Crippen LogP contribution is -2.26. The first-order chi connectivity index (χ1) is 14.8. The first-order valence-electron chi connectivity index (χ1n) is 10.3.